The SMILES string of the molecule is Nc1ccccc1C(=O)/C1=C/CCCCCC1. The van der Waals surface area contributed by atoms with Gasteiger partial charge < -0.3 is 5.73 Å². The van der Waals surface area contributed by atoms with Crippen molar-refractivity contribution in [3.8, 4) is 0 Å². The maximum absolute atomic E-state index is 12.3. The summed E-state index contributed by atoms with van der Waals surface area (Å²) in [5.41, 5.74) is 8.03. The molecule has 1 aliphatic carbocycles. The van der Waals surface area contributed by atoms with Crippen molar-refractivity contribution >= 4 is 11.5 Å². The molecule has 17 heavy (non-hydrogen) atoms. The van der Waals surface area contributed by atoms with Gasteiger partial charge in [-0.1, -0.05) is 31.1 Å². The van der Waals surface area contributed by atoms with E-state index in [1.165, 1.54) is 19.3 Å². The molecule has 0 bridgehead atoms. The van der Waals surface area contributed by atoms with Crippen molar-refractivity contribution in [1.29, 1.82) is 0 Å². The lowest BCUT2D eigenvalue weighted by atomic mass is 9.93. The Morgan fingerprint density at radius 2 is 1.82 bits per heavy atom. The largest absolute Gasteiger partial charge is 0.398 e. The second-order valence-electron chi connectivity index (χ2n) is 4.60. The number of allylic oxidation sites excluding steroid dienone is 2. The van der Waals surface area contributed by atoms with Crippen LogP contribution >= 0.6 is 0 Å². The van der Waals surface area contributed by atoms with Crippen molar-refractivity contribution in [3.63, 3.8) is 0 Å². The molecule has 0 radical (unpaired) electrons. The molecule has 0 saturated carbocycles. The van der Waals surface area contributed by atoms with Crippen molar-refractivity contribution in [2.24, 2.45) is 0 Å². The van der Waals surface area contributed by atoms with E-state index in [9.17, 15) is 4.79 Å². The summed E-state index contributed by atoms with van der Waals surface area (Å²) in [4.78, 5) is 12.3. The molecule has 0 unspecified atom stereocenters. The van der Waals surface area contributed by atoms with Crippen molar-refractivity contribution in [2.45, 2.75) is 38.5 Å². The number of carbonyl (C=O) groups is 1. The number of rotatable bonds is 2. The fraction of sp³-hybridized carbons (Fsp3) is 0.400. The molecular formula is C15H19NO. The number of ketones is 1. The van der Waals surface area contributed by atoms with Gasteiger partial charge in [0, 0.05) is 11.3 Å². The highest BCUT2D eigenvalue weighted by Gasteiger charge is 2.14. The average Bonchev–Trinajstić information content (AvgIpc) is 2.28. The maximum atomic E-state index is 12.3. The molecule has 1 aliphatic rings. The van der Waals surface area contributed by atoms with Crippen LogP contribution in [0.15, 0.2) is 35.9 Å². The molecule has 90 valence electrons. The highest BCUT2D eigenvalue weighted by molar-refractivity contribution is 6.11. The fourth-order valence-corrected chi connectivity index (χ4v) is 2.27. The predicted molar refractivity (Wildman–Crippen MR) is 71.0 cm³/mol. The minimum Gasteiger partial charge on any atom is -0.398 e. The third kappa shape index (κ3) is 2.96. The summed E-state index contributed by atoms with van der Waals surface area (Å²) in [6, 6.07) is 7.33. The van der Waals surface area contributed by atoms with Crippen LogP contribution in [0, 0.1) is 0 Å². The summed E-state index contributed by atoms with van der Waals surface area (Å²) < 4.78 is 0. The quantitative estimate of drug-likeness (QED) is 0.620. The van der Waals surface area contributed by atoms with Crippen LogP contribution in [-0.4, -0.2) is 5.78 Å². The number of hydrogen-bond acceptors (Lipinski definition) is 2. The summed E-state index contributed by atoms with van der Waals surface area (Å²) in [6.07, 6.45) is 8.85. The van der Waals surface area contributed by atoms with Gasteiger partial charge >= 0.3 is 0 Å². The second-order valence-corrected chi connectivity index (χ2v) is 4.60. The first-order valence-corrected chi connectivity index (χ1v) is 6.37. The van der Waals surface area contributed by atoms with E-state index in [0.29, 0.717) is 11.3 Å². The Morgan fingerprint density at radius 1 is 1.06 bits per heavy atom. The van der Waals surface area contributed by atoms with Crippen LogP contribution < -0.4 is 5.73 Å². The summed E-state index contributed by atoms with van der Waals surface area (Å²) in [5, 5.41) is 0. The van der Waals surface area contributed by atoms with Crippen molar-refractivity contribution in [2.75, 3.05) is 5.73 Å². The van der Waals surface area contributed by atoms with E-state index in [1.807, 2.05) is 18.2 Å². The van der Waals surface area contributed by atoms with Crippen LogP contribution in [0.5, 0.6) is 0 Å². The number of anilines is 1. The Labute approximate surface area is 103 Å². The van der Waals surface area contributed by atoms with Crippen LogP contribution in [0.3, 0.4) is 0 Å². The number of carbonyl (C=O) groups excluding carboxylic acids is 1. The first-order chi connectivity index (χ1) is 8.29. The van der Waals surface area contributed by atoms with E-state index in [0.717, 1.165) is 24.8 Å². The minimum absolute atomic E-state index is 0.116. The molecule has 0 spiro atoms. The Kier molecular flexibility index (Phi) is 3.97. The highest BCUT2D eigenvalue weighted by Crippen LogP contribution is 2.22. The van der Waals surface area contributed by atoms with Gasteiger partial charge in [-0.25, -0.2) is 0 Å². The molecule has 2 heteroatoms. The fourth-order valence-electron chi connectivity index (χ4n) is 2.27. The molecular weight excluding hydrogens is 210 g/mol. The summed E-state index contributed by atoms with van der Waals surface area (Å²) in [5.74, 6) is 0.116. The van der Waals surface area contributed by atoms with Gasteiger partial charge in [0.2, 0.25) is 0 Å². The summed E-state index contributed by atoms with van der Waals surface area (Å²) >= 11 is 0. The van der Waals surface area contributed by atoms with Gasteiger partial charge in [0.25, 0.3) is 0 Å². The molecule has 0 aromatic heterocycles. The van der Waals surface area contributed by atoms with E-state index in [1.54, 1.807) is 6.07 Å². The molecule has 2 rings (SSSR count). The van der Waals surface area contributed by atoms with Gasteiger partial charge in [-0.05, 0) is 43.4 Å². The predicted octanol–water partition coefficient (Wildman–Crippen LogP) is 3.73. The van der Waals surface area contributed by atoms with Gasteiger partial charge in [0.05, 0.1) is 0 Å². The molecule has 2 nitrogen and oxygen atoms in total. The van der Waals surface area contributed by atoms with Gasteiger partial charge in [-0.15, -0.1) is 0 Å². The molecule has 0 amide bonds. The zero-order valence-electron chi connectivity index (χ0n) is 10.1. The molecule has 1 aromatic carbocycles. The van der Waals surface area contributed by atoms with E-state index in [-0.39, 0.29) is 5.78 Å². The topological polar surface area (TPSA) is 43.1 Å². The van der Waals surface area contributed by atoms with Gasteiger partial charge in [0.1, 0.15) is 0 Å². The zero-order valence-corrected chi connectivity index (χ0v) is 10.1. The lowest BCUT2D eigenvalue weighted by molar-refractivity contribution is 0.103. The second kappa shape index (κ2) is 5.67. The number of benzene rings is 1. The Balaban J connectivity index is 2.21. The van der Waals surface area contributed by atoms with Gasteiger partial charge in [-0.2, -0.15) is 0 Å². The first kappa shape index (κ1) is 11.9. The van der Waals surface area contributed by atoms with Gasteiger partial charge in [-0.3, -0.25) is 4.79 Å². The molecule has 0 saturated heterocycles. The molecule has 1 aromatic rings. The van der Waals surface area contributed by atoms with E-state index < -0.39 is 0 Å². The number of para-hydroxylation sites is 1. The number of nitrogens with two attached hydrogens (primary N) is 1. The monoisotopic (exact) mass is 229 g/mol. The first-order valence-electron chi connectivity index (χ1n) is 6.37. The van der Waals surface area contributed by atoms with Crippen molar-refractivity contribution in [1.82, 2.24) is 0 Å². The maximum Gasteiger partial charge on any atom is 0.190 e. The van der Waals surface area contributed by atoms with E-state index in [2.05, 4.69) is 6.08 Å². The summed E-state index contributed by atoms with van der Waals surface area (Å²) in [7, 11) is 0. The van der Waals surface area contributed by atoms with E-state index in [4.69, 9.17) is 5.73 Å². The third-order valence-corrected chi connectivity index (χ3v) is 3.29. The van der Waals surface area contributed by atoms with Crippen molar-refractivity contribution in [3.05, 3.63) is 41.5 Å². The Hall–Kier alpha value is -1.57. The normalized spacial score (nSPS) is 19.9. The summed E-state index contributed by atoms with van der Waals surface area (Å²) in [6.45, 7) is 0. The van der Waals surface area contributed by atoms with Crippen LogP contribution in [0.25, 0.3) is 0 Å². The zero-order chi connectivity index (χ0) is 12.1. The van der Waals surface area contributed by atoms with Crippen LogP contribution in [0.1, 0.15) is 48.9 Å². The lowest BCUT2D eigenvalue weighted by Crippen LogP contribution is -2.08. The van der Waals surface area contributed by atoms with Gasteiger partial charge in [0.15, 0.2) is 5.78 Å². The molecule has 0 aliphatic heterocycles. The Morgan fingerprint density at radius 3 is 2.65 bits per heavy atom. The standard InChI is InChI=1S/C15H19NO/c16-14-11-7-6-10-13(14)15(17)12-8-4-2-1-3-5-9-12/h6-8,10-11H,1-5,9,16H2/b12-8+. The number of hydrogen-bond donors (Lipinski definition) is 1. The number of Topliss-reactive ketones (excluding diaryl/α,β-unsaturated/α-hetero) is 1. The van der Waals surface area contributed by atoms with Crippen LogP contribution in [0.4, 0.5) is 5.69 Å². The smallest absolute Gasteiger partial charge is 0.190 e. The lowest BCUT2D eigenvalue weighted by Gasteiger charge is -2.11. The van der Waals surface area contributed by atoms with Crippen LogP contribution in [0.2, 0.25) is 0 Å². The van der Waals surface area contributed by atoms with E-state index >= 15 is 0 Å². The number of nitrogen functional groups attached to an aromatic ring is 1. The highest BCUT2D eigenvalue weighted by atomic mass is 16.1. The van der Waals surface area contributed by atoms with Crippen LogP contribution in [-0.2, 0) is 0 Å². The average molecular weight is 229 g/mol. The third-order valence-electron chi connectivity index (χ3n) is 3.29. The molecule has 0 fully saturated rings. The van der Waals surface area contributed by atoms with Crippen molar-refractivity contribution < 1.29 is 4.79 Å². The Bertz CT molecular complexity index is 434. The minimum atomic E-state index is 0.116. The molecule has 0 heterocycles. The molecule has 0 atom stereocenters. The molecule has 2 N–H and O–H groups in total.